The summed E-state index contributed by atoms with van der Waals surface area (Å²) >= 11 is 5.72. The first kappa shape index (κ1) is 12.2. The lowest BCUT2D eigenvalue weighted by Crippen LogP contribution is -2.35. The number of phenols is 1. The first-order valence-electron chi connectivity index (χ1n) is 6.17. The van der Waals surface area contributed by atoms with Crippen molar-refractivity contribution in [2.24, 2.45) is 16.9 Å². The number of carbonyl (C=O) groups is 1. The number of rotatable bonds is 2. The van der Waals surface area contributed by atoms with E-state index in [2.05, 4.69) is 22.7 Å². The molecule has 4 nitrogen and oxygen atoms in total. The topological polar surface area (TPSA) is 61.7 Å². The molecule has 19 heavy (non-hydrogen) atoms. The third-order valence-electron chi connectivity index (χ3n) is 3.67. The van der Waals surface area contributed by atoms with Crippen LogP contribution in [0.15, 0.2) is 35.5 Å². The van der Waals surface area contributed by atoms with E-state index in [0.29, 0.717) is 16.9 Å². The van der Waals surface area contributed by atoms with Crippen molar-refractivity contribution in [2.45, 2.75) is 12.8 Å². The van der Waals surface area contributed by atoms with Gasteiger partial charge in [-0.15, -0.1) is 0 Å². The zero-order chi connectivity index (χ0) is 13.4. The first-order valence-corrected chi connectivity index (χ1v) is 6.55. The summed E-state index contributed by atoms with van der Waals surface area (Å²) in [6, 6.07) is 4.38. The largest absolute Gasteiger partial charge is 0.507 e. The molecule has 98 valence electrons. The fourth-order valence-electron chi connectivity index (χ4n) is 2.54. The molecule has 0 bridgehead atoms. The Hall–Kier alpha value is -1.81. The molecule has 1 aromatic carbocycles. The molecule has 2 atom stereocenters. The number of fused-ring (bicyclic) bond motifs is 1. The molecule has 0 unspecified atom stereocenters. The molecule has 1 saturated carbocycles. The highest BCUT2D eigenvalue weighted by Crippen LogP contribution is 2.40. The summed E-state index contributed by atoms with van der Waals surface area (Å²) < 4.78 is 0. The van der Waals surface area contributed by atoms with E-state index < -0.39 is 5.91 Å². The predicted molar refractivity (Wildman–Crippen MR) is 73.4 cm³/mol. The van der Waals surface area contributed by atoms with Gasteiger partial charge >= 0.3 is 0 Å². The minimum atomic E-state index is -0.420. The van der Waals surface area contributed by atoms with Crippen molar-refractivity contribution in [1.82, 2.24) is 5.43 Å². The number of aromatic hydroxyl groups is 1. The third kappa shape index (κ3) is 2.24. The van der Waals surface area contributed by atoms with Gasteiger partial charge in [0.25, 0.3) is 5.91 Å². The highest BCUT2D eigenvalue weighted by molar-refractivity contribution is 6.30. The van der Waals surface area contributed by atoms with Crippen LogP contribution in [0.25, 0.3) is 0 Å². The van der Waals surface area contributed by atoms with Gasteiger partial charge in [0.15, 0.2) is 0 Å². The van der Waals surface area contributed by atoms with Gasteiger partial charge in [-0.25, -0.2) is 5.43 Å². The van der Waals surface area contributed by atoms with E-state index in [1.807, 2.05) is 0 Å². The molecule has 0 saturated heterocycles. The van der Waals surface area contributed by atoms with Gasteiger partial charge in [-0.1, -0.05) is 23.8 Å². The smallest absolute Gasteiger partial charge is 0.275 e. The number of allylic oxidation sites excluding steroid dienone is 2. The predicted octanol–water partition coefficient (Wildman–Crippen LogP) is 2.73. The number of carbonyl (C=O) groups excluding carboxylic acids is 1. The molecule has 2 aliphatic carbocycles. The average Bonchev–Trinajstić information content (AvgIpc) is 2.71. The van der Waals surface area contributed by atoms with Crippen molar-refractivity contribution in [3.8, 4) is 5.75 Å². The fourth-order valence-corrected chi connectivity index (χ4v) is 2.71. The summed E-state index contributed by atoms with van der Waals surface area (Å²) in [5.41, 5.74) is 3.69. The van der Waals surface area contributed by atoms with E-state index in [-0.39, 0.29) is 11.3 Å². The average molecular weight is 277 g/mol. The van der Waals surface area contributed by atoms with Gasteiger partial charge in [0.05, 0.1) is 5.56 Å². The molecule has 2 N–H and O–H groups in total. The Balaban J connectivity index is 1.67. The van der Waals surface area contributed by atoms with E-state index in [4.69, 9.17) is 11.6 Å². The molecule has 2 aliphatic rings. The zero-order valence-electron chi connectivity index (χ0n) is 10.1. The second-order valence-electron chi connectivity index (χ2n) is 4.84. The number of hydrazone groups is 1. The Labute approximate surface area is 115 Å². The summed E-state index contributed by atoms with van der Waals surface area (Å²) in [7, 11) is 0. The van der Waals surface area contributed by atoms with Gasteiger partial charge in [-0.2, -0.15) is 5.10 Å². The molecular formula is C14H13ClN2O2. The molecule has 0 radical (unpaired) electrons. The van der Waals surface area contributed by atoms with Crippen LogP contribution in [0, 0.1) is 11.8 Å². The molecule has 0 aromatic heterocycles. The molecule has 0 spiro atoms. The van der Waals surface area contributed by atoms with E-state index in [1.165, 1.54) is 12.1 Å². The van der Waals surface area contributed by atoms with Crippen LogP contribution in [0.2, 0.25) is 5.02 Å². The van der Waals surface area contributed by atoms with E-state index in [1.54, 1.807) is 6.07 Å². The van der Waals surface area contributed by atoms with Crippen molar-refractivity contribution >= 4 is 23.2 Å². The second kappa shape index (κ2) is 4.70. The Morgan fingerprint density at radius 3 is 3.05 bits per heavy atom. The fraction of sp³-hybridized carbons (Fsp3) is 0.286. The molecule has 1 amide bonds. The van der Waals surface area contributed by atoms with Crippen molar-refractivity contribution in [3.63, 3.8) is 0 Å². The highest BCUT2D eigenvalue weighted by atomic mass is 35.5. The van der Waals surface area contributed by atoms with Crippen LogP contribution in [-0.2, 0) is 0 Å². The SMILES string of the molecule is O=C(N/N=C1/C[C@@H]2C=CC[C@@H]12)c1ccc(Cl)cc1O. The number of benzene rings is 1. The number of halogens is 1. The Kier molecular flexibility index (Phi) is 3.03. The van der Waals surface area contributed by atoms with Crippen LogP contribution in [-0.4, -0.2) is 16.7 Å². The Bertz CT molecular complexity index is 595. The molecular weight excluding hydrogens is 264 g/mol. The van der Waals surface area contributed by atoms with Gasteiger partial charge in [-0.05, 0) is 37.0 Å². The normalized spacial score (nSPS) is 26.1. The summed E-state index contributed by atoms with van der Waals surface area (Å²) in [5.74, 6) is 0.494. The lowest BCUT2D eigenvalue weighted by atomic mass is 9.74. The monoisotopic (exact) mass is 276 g/mol. The van der Waals surface area contributed by atoms with Crippen LogP contribution >= 0.6 is 11.6 Å². The Morgan fingerprint density at radius 1 is 1.47 bits per heavy atom. The van der Waals surface area contributed by atoms with Crippen molar-refractivity contribution < 1.29 is 9.90 Å². The van der Waals surface area contributed by atoms with E-state index >= 15 is 0 Å². The number of amides is 1. The molecule has 3 rings (SSSR count). The molecule has 5 heteroatoms. The summed E-state index contributed by atoms with van der Waals surface area (Å²) in [5, 5.41) is 14.2. The van der Waals surface area contributed by atoms with Gasteiger partial charge in [0, 0.05) is 16.7 Å². The van der Waals surface area contributed by atoms with Crippen LogP contribution in [0.3, 0.4) is 0 Å². The third-order valence-corrected chi connectivity index (χ3v) is 3.90. The maximum atomic E-state index is 11.9. The van der Waals surface area contributed by atoms with E-state index in [0.717, 1.165) is 18.6 Å². The zero-order valence-corrected chi connectivity index (χ0v) is 10.9. The van der Waals surface area contributed by atoms with Crippen molar-refractivity contribution in [1.29, 1.82) is 0 Å². The highest BCUT2D eigenvalue weighted by Gasteiger charge is 2.38. The number of hydrogen-bond donors (Lipinski definition) is 2. The first-order chi connectivity index (χ1) is 9.15. The second-order valence-corrected chi connectivity index (χ2v) is 5.28. The number of nitrogens with one attached hydrogen (secondary N) is 1. The molecule has 0 heterocycles. The van der Waals surface area contributed by atoms with Crippen molar-refractivity contribution in [3.05, 3.63) is 40.9 Å². The van der Waals surface area contributed by atoms with Crippen LogP contribution in [0.5, 0.6) is 5.75 Å². The standard InChI is InChI=1S/C14H13ClN2O2/c15-9-4-5-11(13(18)7-9)14(19)17-16-12-6-8-2-1-3-10(8)12/h1-2,4-5,7-8,10,18H,3,6H2,(H,17,19)/b16-12-/t8-,10+/m0/s1. The molecule has 1 fully saturated rings. The maximum absolute atomic E-state index is 11.9. The maximum Gasteiger partial charge on any atom is 0.275 e. The van der Waals surface area contributed by atoms with Gasteiger partial charge in [-0.3, -0.25) is 4.79 Å². The lowest BCUT2D eigenvalue weighted by Gasteiger charge is -2.31. The number of phenolic OH excluding ortho intramolecular Hbond substituents is 1. The summed E-state index contributed by atoms with van der Waals surface area (Å²) in [6.45, 7) is 0. The van der Waals surface area contributed by atoms with Gasteiger partial charge in [0.1, 0.15) is 5.75 Å². The number of nitrogens with zero attached hydrogens (tertiary/aromatic N) is 1. The van der Waals surface area contributed by atoms with Crippen LogP contribution < -0.4 is 5.43 Å². The number of hydrogen-bond acceptors (Lipinski definition) is 3. The lowest BCUT2D eigenvalue weighted by molar-refractivity contribution is 0.0951. The van der Waals surface area contributed by atoms with Crippen molar-refractivity contribution in [2.75, 3.05) is 0 Å². The van der Waals surface area contributed by atoms with Gasteiger partial charge < -0.3 is 5.11 Å². The minimum Gasteiger partial charge on any atom is -0.507 e. The van der Waals surface area contributed by atoms with Gasteiger partial charge in [0.2, 0.25) is 0 Å². The molecule has 0 aliphatic heterocycles. The minimum absolute atomic E-state index is 0.140. The van der Waals surface area contributed by atoms with Crippen LogP contribution in [0.4, 0.5) is 0 Å². The summed E-state index contributed by atoms with van der Waals surface area (Å²) in [6.07, 6.45) is 6.28. The Morgan fingerprint density at radius 2 is 2.32 bits per heavy atom. The quantitative estimate of drug-likeness (QED) is 0.644. The summed E-state index contributed by atoms with van der Waals surface area (Å²) in [4.78, 5) is 11.9. The van der Waals surface area contributed by atoms with Crippen LogP contribution in [0.1, 0.15) is 23.2 Å². The van der Waals surface area contributed by atoms with E-state index in [9.17, 15) is 9.90 Å². The molecule has 1 aromatic rings.